The third-order valence-corrected chi connectivity index (χ3v) is 5.38. The van der Waals surface area contributed by atoms with E-state index >= 15 is 0 Å². The first-order valence-electron chi connectivity index (χ1n) is 8.04. The molecule has 138 valence electrons. The maximum atomic E-state index is 12.5. The molecule has 2 aromatic rings. The van der Waals surface area contributed by atoms with Crippen LogP contribution in [0.3, 0.4) is 0 Å². The van der Waals surface area contributed by atoms with Crippen molar-refractivity contribution in [1.82, 2.24) is 9.88 Å². The Hall–Kier alpha value is -2.22. The molecule has 0 spiro atoms. The van der Waals surface area contributed by atoms with Crippen molar-refractivity contribution >= 4 is 17.7 Å². The highest BCUT2D eigenvalue weighted by atomic mass is 32.2. The summed E-state index contributed by atoms with van der Waals surface area (Å²) in [5.74, 6) is -0.305. The molecule has 0 radical (unpaired) electrons. The van der Waals surface area contributed by atoms with Gasteiger partial charge in [-0.3, -0.25) is 9.78 Å². The average Bonchev–Trinajstić information content (AvgIpc) is 2.87. The van der Waals surface area contributed by atoms with Gasteiger partial charge in [0.1, 0.15) is 11.1 Å². The first-order valence-corrected chi connectivity index (χ1v) is 8.98. The molecule has 8 heteroatoms. The molecule has 26 heavy (non-hydrogen) atoms. The zero-order chi connectivity index (χ0) is 18.7. The molecule has 1 aliphatic rings. The van der Waals surface area contributed by atoms with Crippen LogP contribution < -0.4 is 4.74 Å². The molecule has 0 saturated carbocycles. The van der Waals surface area contributed by atoms with E-state index in [9.17, 15) is 18.0 Å². The van der Waals surface area contributed by atoms with Gasteiger partial charge in [-0.2, -0.15) is 0 Å². The monoisotopic (exact) mass is 382 g/mol. The van der Waals surface area contributed by atoms with E-state index in [1.165, 1.54) is 30.0 Å². The Morgan fingerprint density at radius 1 is 1.27 bits per heavy atom. The van der Waals surface area contributed by atoms with Gasteiger partial charge in [-0.25, -0.2) is 0 Å². The predicted molar refractivity (Wildman–Crippen MR) is 92.6 cm³/mol. The number of carbonyl (C=O) groups is 1. The predicted octanol–water partition coefficient (Wildman–Crippen LogP) is 4.19. The highest BCUT2D eigenvalue weighted by molar-refractivity contribution is 8.01. The molecule has 0 aliphatic carbocycles. The van der Waals surface area contributed by atoms with E-state index in [4.69, 9.17) is 0 Å². The van der Waals surface area contributed by atoms with E-state index in [1.807, 2.05) is 12.1 Å². The van der Waals surface area contributed by atoms with E-state index in [0.717, 1.165) is 5.56 Å². The average molecular weight is 382 g/mol. The molecule has 1 aromatic heterocycles. The summed E-state index contributed by atoms with van der Waals surface area (Å²) in [5, 5.41) is -0.591. The number of rotatable bonds is 5. The highest BCUT2D eigenvalue weighted by Gasteiger charge is 2.38. The van der Waals surface area contributed by atoms with E-state index in [-0.39, 0.29) is 22.3 Å². The number of nitrogens with zero attached hydrogens (tertiary/aromatic N) is 2. The molecule has 1 saturated heterocycles. The van der Waals surface area contributed by atoms with Crippen molar-refractivity contribution in [2.24, 2.45) is 0 Å². The van der Waals surface area contributed by atoms with Gasteiger partial charge in [-0.15, -0.1) is 24.9 Å². The molecule has 2 atom stereocenters. The summed E-state index contributed by atoms with van der Waals surface area (Å²) in [6.45, 7) is 2.27. The van der Waals surface area contributed by atoms with Gasteiger partial charge in [0.15, 0.2) is 0 Å². The molecule has 2 unspecified atom stereocenters. The summed E-state index contributed by atoms with van der Waals surface area (Å²) >= 11 is 1.42. The van der Waals surface area contributed by atoms with E-state index < -0.39 is 6.36 Å². The number of pyridine rings is 1. The van der Waals surface area contributed by atoms with Crippen LogP contribution in [-0.4, -0.2) is 33.9 Å². The van der Waals surface area contributed by atoms with Crippen molar-refractivity contribution in [3.8, 4) is 5.75 Å². The molecule has 3 rings (SSSR count). The molecule has 1 fully saturated rings. The van der Waals surface area contributed by atoms with Crippen molar-refractivity contribution in [2.75, 3.05) is 6.54 Å². The van der Waals surface area contributed by atoms with Crippen molar-refractivity contribution in [2.45, 2.75) is 30.3 Å². The standard InChI is InChI=1S/C18H17F3N2O2S/c1-12-16(24)23(9-7-13-4-3-8-22-11-13)17(26-12)14-5-2-6-15(10-14)25-18(19,20)21/h2-6,8,10-12,17H,7,9H2,1H3. The summed E-state index contributed by atoms with van der Waals surface area (Å²) < 4.78 is 41.4. The lowest BCUT2D eigenvalue weighted by molar-refractivity contribution is -0.274. The van der Waals surface area contributed by atoms with Gasteiger partial charge in [-0.1, -0.05) is 18.2 Å². The quantitative estimate of drug-likeness (QED) is 0.778. The Kier molecular flexibility index (Phi) is 5.41. The molecule has 2 heterocycles. The normalized spacial score (nSPS) is 20.5. The maximum absolute atomic E-state index is 12.5. The lowest BCUT2D eigenvalue weighted by atomic mass is 10.1. The number of aromatic nitrogens is 1. The summed E-state index contributed by atoms with van der Waals surface area (Å²) in [4.78, 5) is 18.3. The van der Waals surface area contributed by atoms with Crippen LogP contribution in [0.1, 0.15) is 23.4 Å². The van der Waals surface area contributed by atoms with Gasteiger partial charge in [-0.05, 0) is 42.7 Å². The van der Waals surface area contributed by atoms with Gasteiger partial charge in [0.05, 0.1) is 5.25 Å². The van der Waals surface area contributed by atoms with Crippen LogP contribution in [0.25, 0.3) is 0 Å². The minimum Gasteiger partial charge on any atom is -0.406 e. The molecular formula is C18H17F3N2O2S. The largest absolute Gasteiger partial charge is 0.573 e. The zero-order valence-corrected chi connectivity index (χ0v) is 14.8. The van der Waals surface area contributed by atoms with Crippen LogP contribution in [0, 0.1) is 0 Å². The number of benzene rings is 1. The number of thioether (sulfide) groups is 1. The van der Waals surface area contributed by atoms with Crippen LogP contribution >= 0.6 is 11.8 Å². The Labute approximate surface area is 153 Å². The third-order valence-electron chi connectivity index (χ3n) is 3.99. The number of alkyl halides is 3. The SMILES string of the molecule is CC1SC(c2cccc(OC(F)(F)F)c2)N(CCc2cccnc2)C1=O. The van der Waals surface area contributed by atoms with Crippen LogP contribution in [0.4, 0.5) is 13.2 Å². The smallest absolute Gasteiger partial charge is 0.406 e. The number of hydrogen-bond acceptors (Lipinski definition) is 4. The Morgan fingerprint density at radius 3 is 2.77 bits per heavy atom. The number of hydrogen-bond donors (Lipinski definition) is 0. The fourth-order valence-corrected chi connectivity index (χ4v) is 4.12. The molecule has 1 amide bonds. The van der Waals surface area contributed by atoms with Crippen molar-refractivity contribution < 1.29 is 22.7 Å². The molecule has 1 aromatic carbocycles. The third kappa shape index (κ3) is 4.49. The lowest BCUT2D eigenvalue weighted by Crippen LogP contribution is -2.32. The zero-order valence-electron chi connectivity index (χ0n) is 13.9. The maximum Gasteiger partial charge on any atom is 0.573 e. The molecule has 4 nitrogen and oxygen atoms in total. The summed E-state index contributed by atoms with van der Waals surface area (Å²) in [5.41, 5.74) is 1.61. The van der Waals surface area contributed by atoms with E-state index in [2.05, 4.69) is 9.72 Å². The summed E-state index contributed by atoms with van der Waals surface area (Å²) in [6.07, 6.45) is -0.700. The van der Waals surface area contributed by atoms with Gasteiger partial charge in [0.25, 0.3) is 0 Å². The van der Waals surface area contributed by atoms with Gasteiger partial charge < -0.3 is 9.64 Å². The highest BCUT2D eigenvalue weighted by Crippen LogP contribution is 2.43. The van der Waals surface area contributed by atoms with Gasteiger partial charge in [0.2, 0.25) is 5.91 Å². The van der Waals surface area contributed by atoms with Crippen molar-refractivity contribution in [1.29, 1.82) is 0 Å². The second kappa shape index (κ2) is 7.57. The lowest BCUT2D eigenvalue weighted by Gasteiger charge is -2.24. The minimum atomic E-state index is -4.75. The molecular weight excluding hydrogens is 365 g/mol. The number of ether oxygens (including phenoxy) is 1. The Morgan fingerprint density at radius 2 is 2.08 bits per heavy atom. The fraction of sp³-hybridized carbons (Fsp3) is 0.333. The first-order chi connectivity index (χ1) is 12.3. The number of halogens is 3. The van der Waals surface area contributed by atoms with E-state index in [1.54, 1.807) is 30.3 Å². The molecule has 0 N–H and O–H groups in total. The topological polar surface area (TPSA) is 42.4 Å². The molecule has 1 aliphatic heterocycles. The number of amides is 1. The van der Waals surface area contributed by atoms with E-state index in [0.29, 0.717) is 18.5 Å². The van der Waals surface area contributed by atoms with Crippen molar-refractivity contribution in [3.05, 3.63) is 59.9 Å². The summed E-state index contributed by atoms with van der Waals surface area (Å²) in [6, 6.07) is 9.56. The molecule has 0 bridgehead atoms. The van der Waals surface area contributed by atoms with Crippen LogP contribution in [0.5, 0.6) is 5.75 Å². The van der Waals surface area contributed by atoms with Crippen molar-refractivity contribution in [3.63, 3.8) is 0 Å². The second-order valence-corrected chi connectivity index (χ2v) is 7.32. The first kappa shape index (κ1) is 18.6. The minimum absolute atomic E-state index is 0.0222. The Bertz CT molecular complexity index is 771. The van der Waals surface area contributed by atoms with Crippen LogP contribution in [0.2, 0.25) is 0 Å². The fourth-order valence-electron chi connectivity index (χ4n) is 2.82. The van der Waals surface area contributed by atoms with Crippen LogP contribution in [0.15, 0.2) is 48.8 Å². The Balaban J connectivity index is 1.78. The van der Waals surface area contributed by atoms with Gasteiger partial charge in [0, 0.05) is 18.9 Å². The van der Waals surface area contributed by atoms with Crippen LogP contribution in [-0.2, 0) is 11.2 Å². The second-order valence-electron chi connectivity index (χ2n) is 5.89. The summed E-state index contributed by atoms with van der Waals surface area (Å²) in [7, 11) is 0. The van der Waals surface area contributed by atoms with Gasteiger partial charge >= 0.3 is 6.36 Å². The number of carbonyl (C=O) groups excluding carboxylic acids is 1.